The first-order valence-electron chi connectivity index (χ1n) is 10.3. The zero-order valence-electron chi connectivity index (χ0n) is 15.3. The van der Waals surface area contributed by atoms with Gasteiger partial charge in [0.1, 0.15) is 0 Å². The smallest absolute Gasteiger partial charge is 0.0162 e. The van der Waals surface area contributed by atoms with Crippen molar-refractivity contribution in [3.63, 3.8) is 0 Å². The van der Waals surface area contributed by atoms with E-state index >= 15 is 0 Å². The predicted molar refractivity (Wildman–Crippen MR) is 101 cm³/mol. The van der Waals surface area contributed by atoms with Gasteiger partial charge in [-0.3, -0.25) is 0 Å². The molecular formula is C23H36. The Balaban J connectivity index is 1.46. The molecule has 1 unspecified atom stereocenters. The molecule has 0 N–H and O–H groups in total. The van der Waals surface area contributed by atoms with Crippen LogP contribution in [0.3, 0.4) is 0 Å². The molecule has 0 nitrogen and oxygen atoms in total. The summed E-state index contributed by atoms with van der Waals surface area (Å²) in [4.78, 5) is 0. The van der Waals surface area contributed by atoms with E-state index in [0.29, 0.717) is 0 Å². The fourth-order valence-corrected chi connectivity index (χ4v) is 5.50. The molecule has 2 fully saturated rings. The lowest BCUT2D eigenvalue weighted by Crippen LogP contribution is -2.27. The van der Waals surface area contributed by atoms with Crippen LogP contribution < -0.4 is 0 Å². The van der Waals surface area contributed by atoms with Gasteiger partial charge in [-0.05, 0) is 73.7 Å². The highest BCUT2D eigenvalue weighted by atomic mass is 14.4. The molecule has 23 heavy (non-hydrogen) atoms. The summed E-state index contributed by atoms with van der Waals surface area (Å²) in [5.74, 6) is 4.85. The standard InChI is InChI=1S/C23H36/c1-3-7-19-10-12-22(13-11-19)23-16-14-21(15-17-23)18(2)20-8-5-4-6-9-20/h4-6,8-9,18-19,21-23H,3,7,10-17H2,1-2H3/t18?,19-,21?,22-,23?. The van der Waals surface area contributed by atoms with Crippen LogP contribution in [0.1, 0.15) is 89.5 Å². The molecule has 0 spiro atoms. The van der Waals surface area contributed by atoms with Crippen LogP contribution in [0, 0.1) is 23.7 Å². The zero-order valence-corrected chi connectivity index (χ0v) is 15.3. The molecule has 0 radical (unpaired) electrons. The number of hydrogen-bond acceptors (Lipinski definition) is 0. The minimum atomic E-state index is 0.748. The maximum atomic E-state index is 2.45. The monoisotopic (exact) mass is 312 g/mol. The molecule has 1 aromatic carbocycles. The van der Waals surface area contributed by atoms with Crippen LogP contribution in [-0.2, 0) is 0 Å². The van der Waals surface area contributed by atoms with Gasteiger partial charge in [0.2, 0.25) is 0 Å². The van der Waals surface area contributed by atoms with Crippen molar-refractivity contribution in [1.29, 1.82) is 0 Å². The Morgan fingerprint density at radius 2 is 1.39 bits per heavy atom. The van der Waals surface area contributed by atoms with E-state index in [-0.39, 0.29) is 0 Å². The molecule has 0 aromatic heterocycles. The molecule has 1 aromatic rings. The second-order valence-corrected chi connectivity index (χ2v) is 8.44. The average molecular weight is 313 g/mol. The molecule has 0 saturated heterocycles. The van der Waals surface area contributed by atoms with Crippen molar-refractivity contribution < 1.29 is 0 Å². The molecule has 2 aliphatic rings. The van der Waals surface area contributed by atoms with Gasteiger partial charge in [-0.25, -0.2) is 0 Å². The van der Waals surface area contributed by atoms with Crippen LogP contribution in [0.2, 0.25) is 0 Å². The van der Waals surface area contributed by atoms with Crippen LogP contribution in [0.4, 0.5) is 0 Å². The third-order valence-corrected chi connectivity index (χ3v) is 7.10. The van der Waals surface area contributed by atoms with Gasteiger partial charge in [0, 0.05) is 0 Å². The topological polar surface area (TPSA) is 0 Å². The molecule has 0 amide bonds. The highest BCUT2D eigenvalue weighted by Gasteiger charge is 2.32. The van der Waals surface area contributed by atoms with E-state index in [4.69, 9.17) is 0 Å². The number of rotatable bonds is 5. The fraction of sp³-hybridized carbons (Fsp3) is 0.739. The minimum Gasteiger partial charge on any atom is -0.0654 e. The quantitative estimate of drug-likeness (QED) is 0.539. The highest BCUT2D eigenvalue weighted by molar-refractivity contribution is 5.19. The Morgan fingerprint density at radius 1 is 0.826 bits per heavy atom. The summed E-state index contributed by atoms with van der Waals surface area (Å²) in [6.07, 6.45) is 14.9. The molecule has 1 atom stereocenters. The van der Waals surface area contributed by atoms with Gasteiger partial charge in [0.05, 0.1) is 0 Å². The van der Waals surface area contributed by atoms with Gasteiger partial charge in [-0.2, -0.15) is 0 Å². The molecule has 2 saturated carbocycles. The van der Waals surface area contributed by atoms with E-state index in [1.165, 1.54) is 64.2 Å². The van der Waals surface area contributed by atoms with Crippen molar-refractivity contribution in [3.05, 3.63) is 35.9 Å². The lowest BCUT2D eigenvalue weighted by atomic mass is 9.66. The van der Waals surface area contributed by atoms with E-state index < -0.39 is 0 Å². The Bertz CT molecular complexity index is 432. The first-order valence-corrected chi connectivity index (χ1v) is 10.3. The van der Waals surface area contributed by atoms with Crippen molar-refractivity contribution in [3.8, 4) is 0 Å². The molecule has 0 aliphatic heterocycles. The Labute approximate surface area is 144 Å². The maximum absolute atomic E-state index is 2.45. The van der Waals surface area contributed by atoms with E-state index in [2.05, 4.69) is 44.2 Å². The molecular weight excluding hydrogens is 276 g/mol. The van der Waals surface area contributed by atoms with Gasteiger partial charge >= 0.3 is 0 Å². The summed E-state index contributed by atoms with van der Waals surface area (Å²) in [7, 11) is 0. The van der Waals surface area contributed by atoms with Crippen LogP contribution >= 0.6 is 0 Å². The molecule has 128 valence electrons. The van der Waals surface area contributed by atoms with E-state index in [9.17, 15) is 0 Å². The van der Waals surface area contributed by atoms with Crippen molar-refractivity contribution in [2.45, 2.75) is 84.0 Å². The summed E-state index contributed by atoms with van der Waals surface area (Å²) >= 11 is 0. The fourth-order valence-electron chi connectivity index (χ4n) is 5.50. The average Bonchev–Trinajstić information content (AvgIpc) is 2.63. The lowest BCUT2D eigenvalue weighted by molar-refractivity contribution is 0.137. The van der Waals surface area contributed by atoms with Gasteiger partial charge in [0.25, 0.3) is 0 Å². The zero-order chi connectivity index (χ0) is 16.1. The molecule has 0 bridgehead atoms. The minimum absolute atomic E-state index is 0.748. The number of hydrogen-bond donors (Lipinski definition) is 0. The Morgan fingerprint density at radius 3 is 1.96 bits per heavy atom. The Kier molecular flexibility index (Phi) is 6.20. The summed E-state index contributed by atoms with van der Waals surface area (Å²) in [5.41, 5.74) is 1.55. The van der Waals surface area contributed by atoms with Crippen LogP contribution in [0.15, 0.2) is 30.3 Å². The SMILES string of the molecule is CCC[C@H]1CC[C@H](C2CCC(C(C)c3ccccc3)CC2)CC1. The number of benzene rings is 1. The first-order chi connectivity index (χ1) is 11.3. The highest BCUT2D eigenvalue weighted by Crippen LogP contribution is 2.45. The van der Waals surface area contributed by atoms with E-state index in [1.807, 2.05) is 0 Å². The first kappa shape index (κ1) is 17.1. The maximum Gasteiger partial charge on any atom is -0.0162 e. The summed E-state index contributed by atoms with van der Waals surface area (Å²) in [6.45, 7) is 4.80. The third kappa shape index (κ3) is 4.40. The summed E-state index contributed by atoms with van der Waals surface area (Å²) < 4.78 is 0. The van der Waals surface area contributed by atoms with Crippen molar-refractivity contribution in [2.24, 2.45) is 23.7 Å². The van der Waals surface area contributed by atoms with Crippen molar-refractivity contribution >= 4 is 0 Å². The predicted octanol–water partition coefficient (Wildman–Crippen LogP) is 7.20. The van der Waals surface area contributed by atoms with Crippen LogP contribution in [0.25, 0.3) is 0 Å². The lowest BCUT2D eigenvalue weighted by Gasteiger charge is -2.39. The van der Waals surface area contributed by atoms with Crippen molar-refractivity contribution in [2.75, 3.05) is 0 Å². The van der Waals surface area contributed by atoms with Gasteiger partial charge < -0.3 is 0 Å². The molecule has 0 heteroatoms. The summed E-state index contributed by atoms with van der Waals surface area (Å²) in [5, 5.41) is 0. The molecule has 3 rings (SSSR count). The molecule has 0 heterocycles. The van der Waals surface area contributed by atoms with E-state index in [1.54, 1.807) is 5.56 Å². The largest absolute Gasteiger partial charge is 0.0654 e. The van der Waals surface area contributed by atoms with Crippen LogP contribution in [-0.4, -0.2) is 0 Å². The molecule has 2 aliphatic carbocycles. The van der Waals surface area contributed by atoms with E-state index in [0.717, 1.165) is 29.6 Å². The van der Waals surface area contributed by atoms with Crippen molar-refractivity contribution in [1.82, 2.24) is 0 Å². The normalized spacial score (nSPS) is 33.3. The summed E-state index contributed by atoms with van der Waals surface area (Å²) in [6, 6.07) is 11.2. The van der Waals surface area contributed by atoms with Crippen LogP contribution in [0.5, 0.6) is 0 Å². The second kappa shape index (κ2) is 8.36. The second-order valence-electron chi connectivity index (χ2n) is 8.44. The van der Waals surface area contributed by atoms with Gasteiger partial charge in [-0.1, -0.05) is 69.9 Å². The van der Waals surface area contributed by atoms with Gasteiger partial charge in [-0.15, -0.1) is 0 Å². The third-order valence-electron chi connectivity index (χ3n) is 7.10. The van der Waals surface area contributed by atoms with Gasteiger partial charge in [0.15, 0.2) is 0 Å². The Hall–Kier alpha value is -0.780.